The van der Waals surface area contributed by atoms with Gasteiger partial charge >= 0.3 is 0 Å². The van der Waals surface area contributed by atoms with Gasteiger partial charge in [0.2, 0.25) is 10.0 Å². The van der Waals surface area contributed by atoms with E-state index in [2.05, 4.69) is 5.32 Å². The fraction of sp³-hybridized carbons (Fsp3) is 0.350. The summed E-state index contributed by atoms with van der Waals surface area (Å²) in [6, 6.07) is 12.3. The minimum atomic E-state index is -3.47. The van der Waals surface area contributed by atoms with Gasteiger partial charge in [-0.15, -0.1) is 0 Å². The number of benzene rings is 2. The summed E-state index contributed by atoms with van der Waals surface area (Å²) < 4.78 is 30.2. The molecule has 2 rings (SSSR count). The maximum Gasteiger partial charge on any atom is 0.253 e. The fourth-order valence-corrected chi connectivity index (χ4v) is 3.41. The van der Waals surface area contributed by atoms with Gasteiger partial charge in [0.05, 0.1) is 30.7 Å². The largest absolute Gasteiger partial charge is 0.496 e. The van der Waals surface area contributed by atoms with Crippen LogP contribution in [-0.2, 0) is 10.0 Å². The van der Waals surface area contributed by atoms with Crippen molar-refractivity contribution in [3.63, 3.8) is 0 Å². The Bertz CT molecular complexity index is 925. The highest BCUT2D eigenvalue weighted by Crippen LogP contribution is 2.26. The summed E-state index contributed by atoms with van der Waals surface area (Å²) >= 11 is 0. The molecule has 0 saturated carbocycles. The first-order chi connectivity index (χ1) is 12.7. The Morgan fingerprint density at radius 2 is 1.89 bits per heavy atom. The third-order valence-electron chi connectivity index (χ3n) is 4.52. The lowest BCUT2D eigenvalue weighted by molar-refractivity contribution is 0.0936. The van der Waals surface area contributed by atoms with Gasteiger partial charge in [0.25, 0.3) is 5.91 Å². The quantitative estimate of drug-likeness (QED) is 0.787. The molecular weight excluding hydrogens is 364 g/mol. The molecule has 0 heterocycles. The summed E-state index contributed by atoms with van der Waals surface area (Å²) in [5, 5.41) is 3.01. The molecular formula is C20H26N2O4S. The van der Waals surface area contributed by atoms with E-state index in [0.29, 0.717) is 17.7 Å². The van der Waals surface area contributed by atoms with Gasteiger partial charge in [0, 0.05) is 7.05 Å². The number of carbonyl (C=O) groups excluding carboxylic acids is 1. The number of hydrogen-bond acceptors (Lipinski definition) is 4. The van der Waals surface area contributed by atoms with Crippen LogP contribution in [0.15, 0.2) is 42.5 Å². The predicted molar refractivity (Wildman–Crippen MR) is 108 cm³/mol. The van der Waals surface area contributed by atoms with E-state index in [1.807, 2.05) is 32.0 Å². The summed E-state index contributed by atoms with van der Waals surface area (Å²) in [6.45, 7) is 3.94. The van der Waals surface area contributed by atoms with E-state index < -0.39 is 10.0 Å². The van der Waals surface area contributed by atoms with Crippen LogP contribution in [0.25, 0.3) is 0 Å². The number of rotatable bonds is 7. The number of anilines is 1. The van der Waals surface area contributed by atoms with Crippen LogP contribution >= 0.6 is 0 Å². The van der Waals surface area contributed by atoms with Crippen molar-refractivity contribution in [3.05, 3.63) is 59.2 Å². The molecule has 0 saturated heterocycles. The molecule has 0 radical (unpaired) electrons. The van der Waals surface area contributed by atoms with Gasteiger partial charge in [-0.3, -0.25) is 9.10 Å². The molecule has 2 aromatic rings. The molecule has 1 atom stereocenters. The molecule has 0 spiro atoms. The monoisotopic (exact) mass is 390 g/mol. The lowest BCUT2D eigenvalue weighted by Crippen LogP contribution is -2.32. The van der Waals surface area contributed by atoms with E-state index in [9.17, 15) is 13.2 Å². The third kappa shape index (κ3) is 4.80. The van der Waals surface area contributed by atoms with E-state index in [0.717, 1.165) is 27.4 Å². The number of aryl methyl sites for hydroxylation is 1. The van der Waals surface area contributed by atoms with Crippen molar-refractivity contribution in [2.24, 2.45) is 0 Å². The molecule has 0 aromatic heterocycles. The van der Waals surface area contributed by atoms with Crippen LogP contribution in [0, 0.1) is 6.92 Å². The van der Waals surface area contributed by atoms with Crippen molar-refractivity contribution < 1.29 is 17.9 Å². The van der Waals surface area contributed by atoms with Crippen molar-refractivity contribution >= 4 is 21.6 Å². The van der Waals surface area contributed by atoms with Crippen molar-refractivity contribution in [1.29, 1.82) is 0 Å². The standard InChI is InChI=1S/C20H26N2O4S/c1-6-17(15-11-12-19(26-4)14(2)13-15)21-20(23)16-9-7-8-10-18(16)22(3)27(5,24)25/h7-13,17H,6H2,1-5H3,(H,21,23)/t17-/m0/s1. The SMILES string of the molecule is CC[C@H](NC(=O)c1ccccc1N(C)S(C)(=O)=O)c1ccc(OC)c(C)c1. The van der Waals surface area contributed by atoms with E-state index in [4.69, 9.17) is 4.74 Å². The smallest absolute Gasteiger partial charge is 0.253 e. The molecule has 0 aliphatic heterocycles. The Morgan fingerprint density at radius 3 is 2.44 bits per heavy atom. The molecule has 0 unspecified atom stereocenters. The minimum absolute atomic E-state index is 0.196. The zero-order valence-electron chi connectivity index (χ0n) is 16.3. The first-order valence-corrected chi connectivity index (χ1v) is 10.5. The number of carbonyl (C=O) groups is 1. The second-order valence-corrected chi connectivity index (χ2v) is 8.42. The highest BCUT2D eigenvalue weighted by molar-refractivity contribution is 7.92. The van der Waals surface area contributed by atoms with E-state index in [1.54, 1.807) is 31.4 Å². The van der Waals surface area contributed by atoms with Gasteiger partial charge in [0.15, 0.2) is 0 Å². The van der Waals surface area contributed by atoms with Crippen LogP contribution in [0.4, 0.5) is 5.69 Å². The van der Waals surface area contributed by atoms with E-state index >= 15 is 0 Å². The lowest BCUT2D eigenvalue weighted by Gasteiger charge is -2.22. The molecule has 0 bridgehead atoms. The van der Waals surface area contributed by atoms with Crippen molar-refractivity contribution in [2.75, 3.05) is 24.7 Å². The molecule has 0 fully saturated rings. The Kier molecular flexibility index (Phi) is 6.49. The van der Waals surface area contributed by atoms with E-state index in [-0.39, 0.29) is 11.9 Å². The second kappa shape index (κ2) is 8.43. The molecule has 1 amide bonds. The molecule has 1 N–H and O–H groups in total. The third-order valence-corrected chi connectivity index (χ3v) is 5.71. The van der Waals surface area contributed by atoms with Gasteiger partial charge in [-0.25, -0.2) is 8.42 Å². The number of amides is 1. The number of ether oxygens (including phenoxy) is 1. The fourth-order valence-electron chi connectivity index (χ4n) is 2.89. The molecule has 2 aromatic carbocycles. The van der Waals surface area contributed by atoms with Crippen LogP contribution in [0.1, 0.15) is 40.9 Å². The summed E-state index contributed by atoms with van der Waals surface area (Å²) in [6.07, 6.45) is 1.80. The Hall–Kier alpha value is -2.54. The number of para-hydroxylation sites is 1. The summed E-state index contributed by atoms with van der Waals surface area (Å²) in [7, 11) is -0.415. The summed E-state index contributed by atoms with van der Waals surface area (Å²) in [5.41, 5.74) is 2.62. The summed E-state index contributed by atoms with van der Waals surface area (Å²) in [4.78, 5) is 12.9. The van der Waals surface area contributed by atoms with Gasteiger partial charge in [0.1, 0.15) is 5.75 Å². The summed E-state index contributed by atoms with van der Waals surface area (Å²) in [5.74, 6) is 0.474. The molecule has 6 nitrogen and oxygen atoms in total. The molecule has 146 valence electrons. The first kappa shape index (κ1) is 20.8. The zero-order chi connectivity index (χ0) is 20.2. The molecule has 7 heteroatoms. The Labute approximate surface area is 161 Å². The van der Waals surface area contributed by atoms with Crippen LogP contribution in [0.2, 0.25) is 0 Å². The molecule has 0 aliphatic carbocycles. The number of nitrogens with one attached hydrogen (secondary N) is 1. The highest BCUT2D eigenvalue weighted by atomic mass is 32.2. The lowest BCUT2D eigenvalue weighted by atomic mass is 10.0. The second-order valence-electron chi connectivity index (χ2n) is 6.41. The van der Waals surface area contributed by atoms with Gasteiger partial charge in [-0.1, -0.05) is 31.2 Å². The average molecular weight is 391 g/mol. The number of hydrogen-bond donors (Lipinski definition) is 1. The van der Waals surface area contributed by atoms with Crippen LogP contribution < -0.4 is 14.4 Å². The Morgan fingerprint density at radius 1 is 1.22 bits per heavy atom. The molecule has 0 aliphatic rings. The van der Waals surface area contributed by atoms with Crippen LogP contribution in [0.5, 0.6) is 5.75 Å². The number of methoxy groups -OCH3 is 1. The number of nitrogens with zero attached hydrogens (tertiary/aromatic N) is 1. The number of sulfonamides is 1. The zero-order valence-corrected chi connectivity index (χ0v) is 17.1. The molecule has 27 heavy (non-hydrogen) atoms. The van der Waals surface area contributed by atoms with E-state index in [1.165, 1.54) is 7.05 Å². The van der Waals surface area contributed by atoms with Crippen LogP contribution in [0.3, 0.4) is 0 Å². The van der Waals surface area contributed by atoms with Crippen molar-refractivity contribution in [3.8, 4) is 5.75 Å². The van der Waals surface area contributed by atoms with Gasteiger partial charge < -0.3 is 10.1 Å². The normalized spacial score (nSPS) is 12.3. The van der Waals surface area contributed by atoms with Crippen molar-refractivity contribution in [1.82, 2.24) is 5.32 Å². The van der Waals surface area contributed by atoms with Crippen LogP contribution in [-0.4, -0.2) is 34.7 Å². The maximum absolute atomic E-state index is 12.9. The predicted octanol–water partition coefficient (Wildman–Crippen LogP) is 3.28. The average Bonchev–Trinajstić information content (AvgIpc) is 2.64. The van der Waals surface area contributed by atoms with Gasteiger partial charge in [-0.2, -0.15) is 0 Å². The first-order valence-electron chi connectivity index (χ1n) is 8.67. The minimum Gasteiger partial charge on any atom is -0.496 e. The topological polar surface area (TPSA) is 75.7 Å². The highest BCUT2D eigenvalue weighted by Gasteiger charge is 2.21. The maximum atomic E-state index is 12.9. The Balaban J connectivity index is 2.32. The van der Waals surface area contributed by atoms with Crippen molar-refractivity contribution in [2.45, 2.75) is 26.3 Å². The van der Waals surface area contributed by atoms with Gasteiger partial charge in [-0.05, 0) is 42.7 Å².